The standard InChI is InChI=1S/C7H14.C7H16.C2H6/c1-7-5-3-2-4-6-7;1-4-5-6-7(2)3;1-2/h7H,2-6H2,1H3;7H,4-6H2,1-3H3;1-2H3. The van der Waals surface area contributed by atoms with Crippen molar-refractivity contribution in [1.29, 1.82) is 0 Å². The summed E-state index contributed by atoms with van der Waals surface area (Å²) in [6, 6.07) is 0. The highest BCUT2D eigenvalue weighted by Crippen LogP contribution is 2.22. The Morgan fingerprint density at radius 3 is 1.69 bits per heavy atom. The molecule has 0 atom stereocenters. The van der Waals surface area contributed by atoms with Crippen molar-refractivity contribution in [1.82, 2.24) is 0 Å². The molecule has 0 aliphatic heterocycles. The molecule has 16 heavy (non-hydrogen) atoms. The van der Waals surface area contributed by atoms with Crippen molar-refractivity contribution >= 4 is 0 Å². The highest BCUT2D eigenvalue weighted by Gasteiger charge is 2.05. The predicted octanol–water partition coefficient (Wildman–Crippen LogP) is 6.45. The molecule has 1 rings (SSSR count). The van der Waals surface area contributed by atoms with Crippen molar-refractivity contribution in [3.8, 4) is 0 Å². The molecule has 0 nitrogen and oxygen atoms in total. The smallest absolute Gasteiger partial charge is 0.0443 e. The van der Waals surface area contributed by atoms with Gasteiger partial charge >= 0.3 is 0 Å². The Kier molecular flexibility index (Phi) is 17.2. The first-order valence-corrected chi connectivity index (χ1v) is 7.66. The minimum Gasteiger partial charge on any atom is -0.0683 e. The zero-order valence-electron chi connectivity index (χ0n) is 12.8. The Bertz CT molecular complexity index is 98.6. The summed E-state index contributed by atoms with van der Waals surface area (Å²) in [4.78, 5) is 0. The van der Waals surface area contributed by atoms with E-state index in [2.05, 4.69) is 27.7 Å². The Morgan fingerprint density at radius 1 is 1.00 bits per heavy atom. The minimum atomic E-state index is 0.903. The van der Waals surface area contributed by atoms with Gasteiger partial charge in [-0.05, 0) is 11.8 Å². The molecule has 0 aromatic heterocycles. The Morgan fingerprint density at radius 2 is 1.50 bits per heavy atom. The third-order valence-electron chi connectivity index (χ3n) is 3.03. The maximum absolute atomic E-state index is 2.36. The van der Waals surface area contributed by atoms with Crippen molar-refractivity contribution in [2.24, 2.45) is 11.8 Å². The topological polar surface area (TPSA) is 0 Å². The average molecular weight is 228 g/mol. The zero-order chi connectivity index (χ0) is 12.8. The molecule has 1 aliphatic rings. The summed E-state index contributed by atoms with van der Waals surface area (Å²) in [5.41, 5.74) is 0. The van der Waals surface area contributed by atoms with E-state index in [9.17, 15) is 0 Å². The second kappa shape index (κ2) is 15.0. The fourth-order valence-corrected chi connectivity index (χ4v) is 1.92. The van der Waals surface area contributed by atoms with Gasteiger partial charge in [-0.25, -0.2) is 0 Å². The van der Waals surface area contributed by atoms with Gasteiger partial charge < -0.3 is 0 Å². The third-order valence-corrected chi connectivity index (χ3v) is 3.03. The van der Waals surface area contributed by atoms with Crippen molar-refractivity contribution in [2.45, 2.75) is 92.9 Å². The van der Waals surface area contributed by atoms with E-state index in [1.165, 1.54) is 51.4 Å². The van der Waals surface area contributed by atoms with Gasteiger partial charge in [0.1, 0.15) is 0 Å². The molecule has 0 aromatic carbocycles. The van der Waals surface area contributed by atoms with E-state index in [4.69, 9.17) is 0 Å². The van der Waals surface area contributed by atoms with Crippen molar-refractivity contribution in [3.63, 3.8) is 0 Å². The largest absolute Gasteiger partial charge is 0.0683 e. The van der Waals surface area contributed by atoms with Crippen LogP contribution in [0.3, 0.4) is 0 Å². The highest BCUT2D eigenvalue weighted by molar-refractivity contribution is 4.59. The molecular weight excluding hydrogens is 192 g/mol. The molecule has 0 N–H and O–H groups in total. The van der Waals surface area contributed by atoms with Crippen molar-refractivity contribution < 1.29 is 0 Å². The third kappa shape index (κ3) is 16.4. The second-order valence-electron chi connectivity index (χ2n) is 5.28. The predicted molar refractivity (Wildman–Crippen MR) is 78.0 cm³/mol. The summed E-state index contributed by atoms with van der Waals surface area (Å²) in [5.74, 6) is 1.94. The molecule has 1 fully saturated rings. The molecule has 0 unspecified atom stereocenters. The van der Waals surface area contributed by atoms with E-state index in [0.717, 1.165) is 11.8 Å². The van der Waals surface area contributed by atoms with Crippen LogP contribution in [0.25, 0.3) is 0 Å². The molecule has 1 saturated carbocycles. The van der Waals surface area contributed by atoms with Gasteiger partial charge in [0.25, 0.3) is 0 Å². The zero-order valence-corrected chi connectivity index (χ0v) is 12.8. The lowest BCUT2D eigenvalue weighted by molar-refractivity contribution is 0.385. The van der Waals surface area contributed by atoms with Gasteiger partial charge in [-0.15, -0.1) is 0 Å². The highest BCUT2D eigenvalue weighted by atomic mass is 14.1. The lowest BCUT2D eigenvalue weighted by atomic mass is 9.91. The summed E-state index contributed by atoms with van der Waals surface area (Å²) in [6.45, 7) is 13.1. The van der Waals surface area contributed by atoms with Crippen LogP contribution < -0.4 is 0 Å². The van der Waals surface area contributed by atoms with Crippen LogP contribution in [-0.4, -0.2) is 0 Å². The van der Waals surface area contributed by atoms with Crippen LogP contribution in [0.15, 0.2) is 0 Å². The Labute approximate surface area is 105 Å². The van der Waals surface area contributed by atoms with Crippen LogP contribution in [0, 0.1) is 11.8 Å². The van der Waals surface area contributed by atoms with Crippen molar-refractivity contribution in [3.05, 3.63) is 0 Å². The number of unbranched alkanes of at least 4 members (excludes halogenated alkanes) is 1. The van der Waals surface area contributed by atoms with Gasteiger partial charge in [0.15, 0.2) is 0 Å². The van der Waals surface area contributed by atoms with Crippen LogP contribution in [0.1, 0.15) is 92.9 Å². The monoisotopic (exact) mass is 228 g/mol. The number of rotatable bonds is 3. The van der Waals surface area contributed by atoms with Gasteiger partial charge in [0.2, 0.25) is 0 Å². The Balaban J connectivity index is 0. The van der Waals surface area contributed by atoms with Crippen LogP contribution in [0.2, 0.25) is 0 Å². The van der Waals surface area contributed by atoms with Crippen LogP contribution in [0.5, 0.6) is 0 Å². The van der Waals surface area contributed by atoms with E-state index in [1.54, 1.807) is 0 Å². The van der Waals surface area contributed by atoms with E-state index < -0.39 is 0 Å². The number of hydrogen-bond donors (Lipinski definition) is 0. The van der Waals surface area contributed by atoms with Crippen molar-refractivity contribution in [2.75, 3.05) is 0 Å². The van der Waals surface area contributed by atoms with E-state index in [1.807, 2.05) is 13.8 Å². The maximum atomic E-state index is 2.36. The SMILES string of the molecule is CC.CC1CCCCC1.CCCCC(C)C. The first-order valence-electron chi connectivity index (χ1n) is 7.66. The summed E-state index contributed by atoms with van der Waals surface area (Å²) in [7, 11) is 0. The van der Waals surface area contributed by atoms with Gasteiger partial charge in [-0.3, -0.25) is 0 Å². The van der Waals surface area contributed by atoms with Gasteiger partial charge in [-0.2, -0.15) is 0 Å². The molecule has 0 radical (unpaired) electrons. The lowest BCUT2D eigenvalue weighted by Crippen LogP contribution is -1.99. The quantitative estimate of drug-likeness (QED) is 0.521. The summed E-state index contributed by atoms with van der Waals surface area (Å²) in [6.07, 6.45) is 11.6. The molecule has 0 bridgehead atoms. The summed E-state index contributed by atoms with van der Waals surface area (Å²) < 4.78 is 0. The van der Waals surface area contributed by atoms with Crippen LogP contribution in [-0.2, 0) is 0 Å². The molecule has 0 aromatic rings. The fourth-order valence-electron chi connectivity index (χ4n) is 1.92. The summed E-state index contributed by atoms with van der Waals surface area (Å²) >= 11 is 0. The van der Waals surface area contributed by atoms with E-state index >= 15 is 0 Å². The van der Waals surface area contributed by atoms with Crippen LogP contribution in [0.4, 0.5) is 0 Å². The fraction of sp³-hybridized carbons (Fsp3) is 1.00. The maximum Gasteiger partial charge on any atom is -0.0443 e. The Hall–Kier alpha value is 0. The van der Waals surface area contributed by atoms with Gasteiger partial charge in [0.05, 0.1) is 0 Å². The molecule has 0 saturated heterocycles. The minimum absolute atomic E-state index is 0.903. The van der Waals surface area contributed by atoms with Gasteiger partial charge in [-0.1, -0.05) is 92.9 Å². The molecule has 0 amide bonds. The van der Waals surface area contributed by atoms with E-state index in [-0.39, 0.29) is 0 Å². The first kappa shape index (κ1) is 18.4. The first-order chi connectivity index (χ1) is 7.66. The molecule has 0 spiro atoms. The van der Waals surface area contributed by atoms with Gasteiger partial charge in [0, 0.05) is 0 Å². The second-order valence-corrected chi connectivity index (χ2v) is 5.28. The lowest BCUT2D eigenvalue weighted by Gasteiger charge is -2.15. The molecule has 1 aliphatic carbocycles. The summed E-state index contributed by atoms with van der Waals surface area (Å²) in [5, 5.41) is 0. The molecule has 100 valence electrons. The molecule has 0 heteroatoms. The normalized spacial score (nSPS) is 15.9. The van der Waals surface area contributed by atoms with Crippen LogP contribution >= 0.6 is 0 Å². The molecular formula is C16H36. The average Bonchev–Trinajstić information content (AvgIpc) is 2.31. The van der Waals surface area contributed by atoms with E-state index in [0.29, 0.717) is 0 Å². The number of hydrogen-bond acceptors (Lipinski definition) is 0. The molecule has 0 heterocycles.